The van der Waals surface area contributed by atoms with Gasteiger partial charge in [0, 0.05) is 19.4 Å². The zero-order valence-corrected chi connectivity index (χ0v) is 12.8. The molecule has 0 aliphatic rings. The maximum atomic E-state index is 12.0. The highest BCUT2D eigenvalue weighted by atomic mass is 16.2. The number of carbonyl (C=O) groups excluding carboxylic acids is 1. The van der Waals surface area contributed by atoms with Gasteiger partial charge in [-0.25, -0.2) is 4.79 Å². The van der Waals surface area contributed by atoms with Crippen molar-refractivity contribution in [1.82, 2.24) is 15.2 Å². The highest BCUT2D eigenvalue weighted by molar-refractivity contribution is 5.75. The van der Waals surface area contributed by atoms with Crippen LogP contribution in [-0.2, 0) is 0 Å². The monoisotopic (exact) mass is 293 g/mol. The minimum absolute atomic E-state index is 0.0560. The maximum Gasteiger partial charge on any atom is 0.318 e. The molecule has 0 radical (unpaired) electrons. The van der Waals surface area contributed by atoms with E-state index in [1.165, 1.54) is 0 Å². The van der Waals surface area contributed by atoms with Gasteiger partial charge < -0.3 is 10.2 Å². The van der Waals surface area contributed by atoms with E-state index in [1.54, 1.807) is 24.3 Å². The summed E-state index contributed by atoms with van der Waals surface area (Å²) in [5.41, 5.74) is 3.26. The van der Waals surface area contributed by atoms with E-state index in [2.05, 4.69) is 22.3 Å². The van der Waals surface area contributed by atoms with E-state index in [0.29, 0.717) is 0 Å². The first-order valence-electron chi connectivity index (χ1n) is 7.08. The van der Waals surface area contributed by atoms with Gasteiger partial charge in [-0.15, -0.1) is 6.42 Å². The number of benzene rings is 1. The Morgan fingerprint density at radius 1 is 1.32 bits per heavy atom. The van der Waals surface area contributed by atoms with Crippen molar-refractivity contribution in [3.05, 3.63) is 54.4 Å². The van der Waals surface area contributed by atoms with Gasteiger partial charge in [-0.3, -0.25) is 4.98 Å². The van der Waals surface area contributed by atoms with Crippen molar-refractivity contribution in [3.8, 4) is 23.5 Å². The Balaban J connectivity index is 2.19. The molecule has 1 N–H and O–H groups in total. The summed E-state index contributed by atoms with van der Waals surface area (Å²) in [5, 5.41) is 2.67. The summed E-state index contributed by atoms with van der Waals surface area (Å²) in [6.07, 6.45) is 8.70. The summed E-state index contributed by atoms with van der Waals surface area (Å²) in [7, 11) is 1.76. The molecule has 2 rings (SSSR count). The quantitative estimate of drug-likeness (QED) is 0.880. The number of aromatic nitrogens is 1. The average molecular weight is 293 g/mol. The van der Waals surface area contributed by atoms with E-state index >= 15 is 0 Å². The zero-order chi connectivity index (χ0) is 15.9. The smallest absolute Gasteiger partial charge is 0.318 e. The third kappa shape index (κ3) is 3.64. The third-order valence-electron chi connectivity index (χ3n) is 3.63. The molecule has 1 aromatic heterocycles. The normalized spacial score (nSPS) is 11.3. The largest absolute Gasteiger partial charge is 0.327 e. The fraction of sp³-hybridized carbons (Fsp3) is 0.222. The van der Waals surface area contributed by atoms with Gasteiger partial charge >= 0.3 is 6.03 Å². The van der Waals surface area contributed by atoms with Crippen LogP contribution in [0.5, 0.6) is 0 Å². The van der Waals surface area contributed by atoms with Gasteiger partial charge in [-0.1, -0.05) is 24.1 Å². The number of hydrogen-bond donors (Lipinski definition) is 1. The lowest BCUT2D eigenvalue weighted by atomic mass is 10.0. The summed E-state index contributed by atoms with van der Waals surface area (Å²) < 4.78 is 0. The van der Waals surface area contributed by atoms with E-state index in [1.807, 2.05) is 37.3 Å². The molecule has 2 amide bonds. The molecule has 4 heteroatoms. The van der Waals surface area contributed by atoms with Crippen LogP contribution in [0.2, 0.25) is 0 Å². The standard InChI is InChI=1S/C18H19N3O/c1-4-10-20-18(22)21(3)14(2)16-6-5-7-17(13-16)15-8-11-19-12-9-15/h1,5-9,11-14H,10H2,2-3H3,(H,20,22)/t14-/m1/s1. The van der Waals surface area contributed by atoms with Crippen molar-refractivity contribution in [2.75, 3.05) is 13.6 Å². The van der Waals surface area contributed by atoms with Gasteiger partial charge in [-0.2, -0.15) is 0 Å². The zero-order valence-electron chi connectivity index (χ0n) is 12.8. The molecular formula is C18H19N3O. The van der Waals surface area contributed by atoms with Crippen molar-refractivity contribution in [3.63, 3.8) is 0 Å². The summed E-state index contributed by atoms with van der Waals surface area (Å²) >= 11 is 0. The Kier molecular flexibility index (Phi) is 5.16. The number of rotatable bonds is 4. The Labute approximate surface area is 131 Å². The molecule has 4 nitrogen and oxygen atoms in total. The molecular weight excluding hydrogens is 274 g/mol. The van der Waals surface area contributed by atoms with Gasteiger partial charge in [0.15, 0.2) is 0 Å². The van der Waals surface area contributed by atoms with Gasteiger partial charge in [-0.05, 0) is 41.8 Å². The molecule has 22 heavy (non-hydrogen) atoms. The van der Waals surface area contributed by atoms with E-state index in [-0.39, 0.29) is 18.6 Å². The Hall–Kier alpha value is -2.80. The molecule has 0 fully saturated rings. The van der Waals surface area contributed by atoms with Crippen LogP contribution >= 0.6 is 0 Å². The summed E-state index contributed by atoms with van der Waals surface area (Å²) in [4.78, 5) is 17.7. The van der Waals surface area contributed by atoms with Crippen LogP contribution < -0.4 is 5.32 Å². The molecule has 0 saturated heterocycles. The number of nitrogens with one attached hydrogen (secondary N) is 1. The molecule has 0 bridgehead atoms. The number of hydrogen-bond acceptors (Lipinski definition) is 2. The number of terminal acetylenes is 1. The van der Waals surface area contributed by atoms with Gasteiger partial charge in [0.2, 0.25) is 0 Å². The van der Waals surface area contributed by atoms with Crippen molar-refractivity contribution in [1.29, 1.82) is 0 Å². The molecule has 1 heterocycles. The molecule has 0 saturated carbocycles. The van der Waals surface area contributed by atoms with E-state index in [4.69, 9.17) is 6.42 Å². The highest BCUT2D eigenvalue weighted by Gasteiger charge is 2.17. The van der Waals surface area contributed by atoms with Gasteiger partial charge in [0.05, 0.1) is 12.6 Å². The average Bonchev–Trinajstić information content (AvgIpc) is 2.59. The topological polar surface area (TPSA) is 45.2 Å². The Bertz CT molecular complexity index is 676. The Morgan fingerprint density at radius 2 is 2.05 bits per heavy atom. The summed E-state index contributed by atoms with van der Waals surface area (Å²) in [5.74, 6) is 2.40. The second kappa shape index (κ2) is 7.28. The summed E-state index contributed by atoms with van der Waals surface area (Å²) in [6, 6.07) is 11.8. The lowest BCUT2D eigenvalue weighted by molar-refractivity contribution is 0.196. The third-order valence-corrected chi connectivity index (χ3v) is 3.63. The number of amides is 2. The minimum Gasteiger partial charge on any atom is -0.327 e. The number of carbonyl (C=O) groups is 1. The van der Waals surface area contributed by atoms with Crippen LogP contribution in [0, 0.1) is 12.3 Å². The second-order valence-corrected chi connectivity index (χ2v) is 5.01. The van der Waals surface area contributed by atoms with Gasteiger partial charge in [0.25, 0.3) is 0 Å². The lowest BCUT2D eigenvalue weighted by Gasteiger charge is -2.25. The number of pyridine rings is 1. The van der Waals surface area contributed by atoms with Crippen LogP contribution in [0.15, 0.2) is 48.8 Å². The molecule has 0 aliphatic carbocycles. The van der Waals surface area contributed by atoms with Crippen LogP contribution in [0.1, 0.15) is 18.5 Å². The molecule has 112 valence electrons. The van der Waals surface area contributed by atoms with Crippen molar-refractivity contribution >= 4 is 6.03 Å². The predicted octanol–water partition coefficient (Wildman–Crippen LogP) is 3.08. The van der Waals surface area contributed by atoms with Crippen LogP contribution in [0.4, 0.5) is 4.79 Å². The van der Waals surface area contributed by atoms with E-state index < -0.39 is 0 Å². The molecule has 1 atom stereocenters. The molecule has 1 aromatic carbocycles. The van der Waals surface area contributed by atoms with E-state index in [0.717, 1.165) is 16.7 Å². The van der Waals surface area contributed by atoms with Crippen molar-refractivity contribution in [2.24, 2.45) is 0 Å². The van der Waals surface area contributed by atoms with Crippen LogP contribution in [0.3, 0.4) is 0 Å². The highest BCUT2D eigenvalue weighted by Crippen LogP contribution is 2.25. The van der Waals surface area contributed by atoms with Crippen LogP contribution in [0.25, 0.3) is 11.1 Å². The molecule has 2 aromatic rings. The fourth-order valence-corrected chi connectivity index (χ4v) is 2.17. The summed E-state index contributed by atoms with van der Waals surface area (Å²) in [6.45, 7) is 2.22. The first kappa shape index (κ1) is 15.6. The molecule has 0 unspecified atom stereocenters. The lowest BCUT2D eigenvalue weighted by Crippen LogP contribution is -2.38. The van der Waals surface area contributed by atoms with Crippen LogP contribution in [-0.4, -0.2) is 29.5 Å². The van der Waals surface area contributed by atoms with Crippen molar-refractivity contribution < 1.29 is 4.79 Å². The molecule has 0 aliphatic heterocycles. The minimum atomic E-state index is -0.181. The second-order valence-electron chi connectivity index (χ2n) is 5.01. The predicted molar refractivity (Wildman–Crippen MR) is 88.1 cm³/mol. The SMILES string of the molecule is C#CCNC(=O)N(C)[C@H](C)c1cccc(-c2ccncc2)c1. The maximum absolute atomic E-state index is 12.0. The first-order valence-corrected chi connectivity index (χ1v) is 7.08. The van der Waals surface area contributed by atoms with Gasteiger partial charge in [0.1, 0.15) is 0 Å². The fourth-order valence-electron chi connectivity index (χ4n) is 2.17. The first-order chi connectivity index (χ1) is 10.6. The van der Waals surface area contributed by atoms with Crippen molar-refractivity contribution in [2.45, 2.75) is 13.0 Å². The number of nitrogens with zero attached hydrogens (tertiary/aromatic N) is 2. The Morgan fingerprint density at radius 3 is 2.73 bits per heavy atom. The number of urea groups is 1. The van der Waals surface area contributed by atoms with E-state index in [9.17, 15) is 4.79 Å². The molecule has 0 spiro atoms.